The number of carbonyl (C=O) groups is 1. The minimum atomic E-state index is -0.291. The molecule has 103 heavy (non-hydrogen) atoms. The van der Waals surface area contributed by atoms with Gasteiger partial charge in [0, 0.05) is 14.2 Å². The molecule has 562 valence electrons. The van der Waals surface area contributed by atoms with Crippen LogP contribution in [-0.2, 0) is 19.0 Å². The molecule has 0 heterocycles. The first-order chi connectivity index (χ1) is 49.3. The highest BCUT2D eigenvalue weighted by atomic mass is 16.7. The number of benzene rings is 8. The fourth-order valence-corrected chi connectivity index (χ4v) is 11.8. The Labute approximate surface area is 621 Å². The number of hydrogen-bond donors (Lipinski definition) is 3. The molecule has 0 aliphatic carbocycles. The van der Waals surface area contributed by atoms with Gasteiger partial charge in [0.1, 0.15) is 46.9 Å². The van der Waals surface area contributed by atoms with E-state index in [2.05, 4.69) is 181 Å². The van der Waals surface area contributed by atoms with Gasteiger partial charge in [0.25, 0.3) is 0 Å². The van der Waals surface area contributed by atoms with Gasteiger partial charge >= 0.3 is 0 Å². The molecule has 11 nitrogen and oxygen atoms in total. The van der Waals surface area contributed by atoms with Crippen LogP contribution in [0, 0.1) is 11.8 Å². The van der Waals surface area contributed by atoms with E-state index < -0.39 is 0 Å². The van der Waals surface area contributed by atoms with E-state index in [9.17, 15) is 15.0 Å². The molecule has 0 aliphatic rings. The second kappa shape index (κ2) is 48.0. The van der Waals surface area contributed by atoms with Crippen molar-refractivity contribution in [3.63, 3.8) is 0 Å². The highest BCUT2D eigenvalue weighted by Crippen LogP contribution is 2.42. The van der Waals surface area contributed by atoms with E-state index in [0.717, 1.165) is 81.1 Å². The monoisotopic (exact) mass is 1410 g/mol. The van der Waals surface area contributed by atoms with E-state index >= 15 is 0 Å². The fraction of sp³-hybridized carbons (Fsp3) is 0.467. The maximum absolute atomic E-state index is 11.3. The number of methoxy groups -OCH3 is 2. The molecule has 0 spiro atoms. The lowest BCUT2D eigenvalue weighted by molar-refractivity contribution is -0.118. The molecule has 0 fully saturated rings. The second-order valence-corrected chi connectivity index (χ2v) is 28.5. The van der Waals surface area contributed by atoms with E-state index in [1.807, 2.05) is 93.6 Å². The van der Waals surface area contributed by atoms with E-state index in [1.54, 1.807) is 50.6 Å². The molecule has 0 aliphatic heterocycles. The summed E-state index contributed by atoms with van der Waals surface area (Å²) in [5.74, 6) is 9.10. The SMILES string of the molecule is CCC(C)C.CCC(C)c1ccc(O)cc1.CCC(C)c1ccc(OC(C)OCC(C)C)cc1.CCC(CC(CC(C)c1ccc(O)cc1)c1ccc(OCC(C)=O)cc1)c1ccc(OC(C)OC)cc1.CCC(CC(CC(C)c1ccccc1)c1ccc(O)cc1)c1ccc(OC(C)OC)cc1. The summed E-state index contributed by atoms with van der Waals surface area (Å²) < 4.78 is 38.8. The molecule has 8 aromatic carbocycles. The van der Waals surface area contributed by atoms with Crippen molar-refractivity contribution in [2.75, 3.05) is 27.4 Å². The molecule has 0 radical (unpaired) electrons. The number of carbonyl (C=O) groups excluding carboxylic acids is 1. The molecule has 3 N–H and O–H groups in total. The Hall–Kier alpha value is -8.09. The van der Waals surface area contributed by atoms with Crippen LogP contribution >= 0.6 is 0 Å². The Bertz CT molecular complexity index is 3460. The standard InChI is InChI=1S/C32H40O5.C29H36O3.C16H26O2.C10H14O.C5H12/c1-6-25(27-11-17-32(18-12-27)37-24(4)35-5)20-29(19-22(2)26-7-13-30(34)14-8-26)28-9-15-31(16-10-28)36-21-23(3)33;1-5-23(25-13-17-29(18-14-25)32-22(3)31-4)20-27(26-11-15-28(30)16-12-26)19-21(2)24-9-7-6-8-10-24;1-6-13(4)15-7-9-16(10-8-15)18-14(5)17-11-12(2)3;1-3-8(2)9-4-6-10(11)7-5-9;1-4-5(2)3/h7-18,22,24-25,29,34H,6,19-21H2,1-5H3;6-18,21-23,27,30H,5,19-20H2,1-4H3;7-10,12-14H,6,11H2,1-5H3;4-8,11H,3H2,1-2H3;5H,4H2,1-3H3. The Kier molecular flexibility index (Phi) is 40.7. The summed E-state index contributed by atoms with van der Waals surface area (Å²) in [5.41, 5.74) is 10.4. The Morgan fingerprint density at radius 2 is 0.612 bits per heavy atom. The lowest BCUT2D eigenvalue weighted by Crippen LogP contribution is -2.19. The van der Waals surface area contributed by atoms with Gasteiger partial charge in [0.05, 0.1) is 6.61 Å². The summed E-state index contributed by atoms with van der Waals surface area (Å²) in [5, 5.41) is 28.5. The van der Waals surface area contributed by atoms with Gasteiger partial charge in [0.15, 0.2) is 24.7 Å². The molecule has 0 aromatic heterocycles. The van der Waals surface area contributed by atoms with E-state index in [-0.39, 0.29) is 37.0 Å². The summed E-state index contributed by atoms with van der Waals surface area (Å²) in [4.78, 5) is 11.3. The average molecular weight is 1410 g/mol. The molecule has 8 rings (SSSR count). The maximum atomic E-state index is 11.3. The number of ketones is 1. The minimum absolute atomic E-state index is 0.00330. The highest BCUT2D eigenvalue weighted by Gasteiger charge is 2.25. The number of ether oxygens (including phenoxy) is 7. The van der Waals surface area contributed by atoms with Gasteiger partial charge in [-0.2, -0.15) is 0 Å². The number of Topliss-reactive ketones (excluding diaryl/α,β-unsaturated/α-hetero) is 1. The largest absolute Gasteiger partial charge is 0.508 e. The van der Waals surface area contributed by atoms with Crippen LogP contribution in [-0.4, -0.2) is 67.4 Å². The normalized spacial score (nSPS) is 14.2. The fourth-order valence-electron chi connectivity index (χ4n) is 11.8. The van der Waals surface area contributed by atoms with Crippen LogP contribution in [0.4, 0.5) is 0 Å². The summed E-state index contributed by atoms with van der Waals surface area (Å²) in [6.07, 6.45) is 9.07. The first kappa shape index (κ1) is 87.3. The van der Waals surface area contributed by atoms with Crippen molar-refractivity contribution in [3.8, 4) is 40.2 Å². The van der Waals surface area contributed by atoms with Crippen LogP contribution < -0.4 is 18.9 Å². The number of aromatic hydroxyl groups is 3. The van der Waals surface area contributed by atoms with Crippen molar-refractivity contribution in [1.82, 2.24) is 0 Å². The third-order valence-corrected chi connectivity index (χ3v) is 19.3. The molecule has 0 amide bonds. The zero-order valence-corrected chi connectivity index (χ0v) is 65.9. The molecule has 0 saturated heterocycles. The van der Waals surface area contributed by atoms with E-state index in [0.29, 0.717) is 70.5 Å². The summed E-state index contributed by atoms with van der Waals surface area (Å²) in [6.45, 7) is 36.8. The van der Waals surface area contributed by atoms with Crippen molar-refractivity contribution in [2.24, 2.45) is 11.8 Å². The first-order valence-electron chi connectivity index (χ1n) is 37.9. The van der Waals surface area contributed by atoms with Crippen molar-refractivity contribution in [2.45, 2.75) is 242 Å². The van der Waals surface area contributed by atoms with Gasteiger partial charge in [-0.1, -0.05) is 212 Å². The van der Waals surface area contributed by atoms with Crippen LogP contribution in [0.15, 0.2) is 200 Å². The Balaban J connectivity index is 0.000000306. The first-order valence-corrected chi connectivity index (χ1v) is 37.9. The van der Waals surface area contributed by atoms with Crippen molar-refractivity contribution in [1.29, 1.82) is 0 Å². The lowest BCUT2D eigenvalue weighted by atomic mass is 9.78. The summed E-state index contributed by atoms with van der Waals surface area (Å²) in [7, 11) is 3.28. The molecule has 11 heteroatoms. The summed E-state index contributed by atoms with van der Waals surface area (Å²) >= 11 is 0. The number of rotatable bonds is 35. The van der Waals surface area contributed by atoms with Crippen molar-refractivity contribution >= 4 is 5.78 Å². The summed E-state index contributed by atoms with van der Waals surface area (Å²) in [6, 6.07) is 66.7. The van der Waals surface area contributed by atoms with Gasteiger partial charge in [-0.3, -0.25) is 4.79 Å². The number of phenolic OH excluding ortho intramolecular Hbond substituents is 3. The molecule has 11 unspecified atom stereocenters. The second-order valence-electron chi connectivity index (χ2n) is 28.5. The van der Waals surface area contributed by atoms with Crippen molar-refractivity contribution < 1.29 is 53.3 Å². The van der Waals surface area contributed by atoms with Crippen molar-refractivity contribution in [3.05, 3.63) is 245 Å². The van der Waals surface area contributed by atoms with Gasteiger partial charge in [0.2, 0.25) is 0 Å². The lowest BCUT2D eigenvalue weighted by Gasteiger charge is -2.27. The van der Waals surface area contributed by atoms with Crippen LogP contribution in [0.5, 0.6) is 40.2 Å². The minimum Gasteiger partial charge on any atom is -0.508 e. The van der Waals surface area contributed by atoms with Crippen LogP contribution in [0.3, 0.4) is 0 Å². The number of phenols is 3. The quantitative estimate of drug-likeness (QED) is 0.0327. The van der Waals surface area contributed by atoms with E-state index in [1.165, 1.54) is 57.9 Å². The molecule has 0 saturated carbocycles. The maximum Gasteiger partial charge on any atom is 0.196 e. The molecular formula is C92H128O11. The zero-order chi connectivity index (χ0) is 75.8. The Morgan fingerprint density at radius 1 is 0.320 bits per heavy atom. The highest BCUT2D eigenvalue weighted by molar-refractivity contribution is 5.77. The van der Waals surface area contributed by atoms with Gasteiger partial charge in [-0.15, -0.1) is 0 Å². The predicted octanol–water partition coefficient (Wildman–Crippen LogP) is 24.8. The van der Waals surface area contributed by atoms with Gasteiger partial charge in [-0.05, 0) is 268 Å². The predicted molar refractivity (Wildman–Crippen MR) is 427 cm³/mol. The zero-order valence-electron chi connectivity index (χ0n) is 65.9. The smallest absolute Gasteiger partial charge is 0.196 e. The molecular weight excluding hydrogens is 1280 g/mol. The van der Waals surface area contributed by atoms with Crippen LogP contribution in [0.25, 0.3) is 0 Å². The molecule has 8 aromatic rings. The Morgan fingerprint density at radius 3 is 0.922 bits per heavy atom. The van der Waals surface area contributed by atoms with E-state index in [4.69, 9.17) is 38.3 Å². The topological polar surface area (TPSA) is 142 Å². The van der Waals surface area contributed by atoms with Gasteiger partial charge < -0.3 is 48.5 Å². The molecule has 11 atom stereocenters. The molecule has 0 bridgehead atoms. The third-order valence-electron chi connectivity index (χ3n) is 19.3. The number of hydrogen-bond acceptors (Lipinski definition) is 11. The van der Waals surface area contributed by atoms with Gasteiger partial charge in [-0.25, -0.2) is 0 Å². The van der Waals surface area contributed by atoms with Crippen LogP contribution in [0.1, 0.15) is 267 Å². The third kappa shape index (κ3) is 33.5. The van der Waals surface area contributed by atoms with Crippen LogP contribution in [0.2, 0.25) is 0 Å². The average Bonchev–Trinajstić information content (AvgIpc) is 0.838.